The molecule has 0 aliphatic rings. The normalized spacial score (nSPS) is 10.7. The second-order valence-electron chi connectivity index (χ2n) is 6.04. The molecule has 134 valence electrons. The van der Waals surface area contributed by atoms with E-state index in [-0.39, 0.29) is 5.82 Å². The molecule has 0 aliphatic carbocycles. The van der Waals surface area contributed by atoms with Gasteiger partial charge in [0.15, 0.2) is 5.11 Å². The molecule has 3 nitrogen and oxygen atoms in total. The molecule has 0 saturated heterocycles. The molecule has 0 amide bonds. The van der Waals surface area contributed by atoms with E-state index in [1.54, 1.807) is 23.5 Å². The minimum atomic E-state index is -0.275. The second-order valence-corrected chi connectivity index (χ2v) is 7.56. The van der Waals surface area contributed by atoms with Crippen LogP contribution in [0.3, 0.4) is 0 Å². The zero-order valence-electron chi connectivity index (χ0n) is 14.3. The Labute approximate surface area is 165 Å². The first-order valence-corrected chi connectivity index (χ1v) is 9.65. The van der Waals surface area contributed by atoms with Crippen molar-refractivity contribution in [2.45, 2.75) is 6.42 Å². The van der Waals surface area contributed by atoms with Gasteiger partial charge in [-0.05, 0) is 66.3 Å². The van der Waals surface area contributed by atoms with E-state index < -0.39 is 0 Å². The van der Waals surface area contributed by atoms with Crippen molar-refractivity contribution in [2.24, 2.45) is 0 Å². The van der Waals surface area contributed by atoms with Gasteiger partial charge in [0.25, 0.3) is 0 Å². The molecule has 0 unspecified atom stereocenters. The van der Waals surface area contributed by atoms with Crippen molar-refractivity contribution in [3.63, 3.8) is 0 Å². The van der Waals surface area contributed by atoms with Gasteiger partial charge < -0.3 is 10.6 Å². The highest BCUT2D eigenvalue weighted by molar-refractivity contribution is 7.80. The van der Waals surface area contributed by atoms with Gasteiger partial charge in [-0.2, -0.15) is 0 Å². The van der Waals surface area contributed by atoms with Crippen LogP contribution in [0.15, 0.2) is 72.8 Å². The number of rotatable bonds is 4. The van der Waals surface area contributed by atoms with Crippen molar-refractivity contribution in [1.29, 1.82) is 0 Å². The van der Waals surface area contributed by atoms with Crippen molar-refractivity contribution in [2.75, 3.05) is 10.6 Å². The molecular formula is C21H16FN3S2. The molecule has 0 atom stereocenters. The number of benzene rings is 3. The van der Waals surface area contributed by atoms with Crippen molar-refractivity contribution in [3.05, 3.63) is 89.2 Å². The molecule has 4 rings (SSSR count). The number of anilines is 2. The van der Waals surface area contributed by atoms with E-state index in [4.69, 9.17) is 12.2 Å². The lowest BCUT2D eigenvalue weighted by atomic mass is 10.1. The monoisotopic (exact) mass is 393 g/mol. The topological polar surface area (TPSA) is 37.0 Å². The Morgan fingerprint density at radius 1 is 0.889 bits per heavy atom. The Morgan fingerprint density at radius 2 is 1.52 bits per heavy atom. The number of nitrogens with one attached hydrogen (secondary N) is 2. The average Bonchev–Trinajstić information content (AvgIpc) is 3.07. The molecule has 0 aliphatic heterocycles. The zero-order chi connectivity index (χ0) is 18.6. The van der Waals surface area contributed by atoms with Crippen LogP contribution in [-0.4, -0.2) is 10.1 Å². The summed E-state index contributed by atoms with van der Waals surface area (Å²) < 4.78 is 14.2. The van der Waals surface area contributed by atoms with Gasteiger partial charge in [-0.25, -0.2) is 9.37 Å². The summed E-state index contributed by atoms with van der Waals surface area (Å²) in [6.07, 6.45) is 0.803. The lowest BCUT2D eigenvalue weighted by Crippen LogP contribution is -2.18. The molecule has 6 heteroatoms. The fourth-order valence-electron chi connectivity index (χ4n) is 2.70. The molecule has 0 spiro atoms. The third-order valence-corrected chi connectivity index (χ3v) is 5.25. The number of thiazole rings is 1. The van der Waals surface area contributed by atoms with Gasteiger partial charge in [0.2, 0.25) is 0 Å². The zero-order valence-corrected chi connectivity index (χ0v) is 15.9. The molecule has 0 bridgehead atoms. The van der Waals surface area contributed by atoms with Crippen molar-refractivity contribution in [3.8, 4) is 0 Å². The molecule has 4 aromatic rings. The molecule has 1 heterocycles. The molecule has 0 fully saturated rings. The summed E-state index contributed by atoms with van der Waals surface area (Å²) >= 11 is 7.03. The minimum absolute atomic E-state index is 0.275. The minimum Gasteiger partial charge on any atom is -0.332 e. The van der Waals surface area contributed by atoms with Crippen LogP contribution in [0.1, 0.15) is 10.6 Å². The van der Waals surface area contributed by atoms with E-state index in [9.17, 15) is 4.39 Å². The van der Waals surface area contributed by atoms with Crippen LogP contribution >= 0.6 is 23.6 Å². The van der Waals surface area contributed by atoms with E-state index in [2.05, 4.69) is 33.8 Å². The standard InChI is InChI=1S/C21H16FN3S2/c22-15-7-11-17(12-8-15)24-21(26)23-16-9-5-14(6-10-16)13-20-25-18-3-1-2-4-19(18)27-20/h1-12H,13H2,(H2,23,24,26). The fraction of sp³-hybridized carbons (Fsp3) is 0.0476. The lowest BCUT2D eigenvalue weighted by Gasteiger charge is -2.11. The highest BCUT2D eigenvalue weighted by atomic mass is 32.1. The summed E-state index contributed by atoms with van der Waals surface area (Å²) in [7, 11) is 0. The maximum atomic E-state index is 12.9. The Balaban J connectivity index is 1.38. The Bertz CT molecular complexity index is 1040. The van der Waals surface area contributed by atoms with Crippen LogP contribution in [0.5, 0.6) is 0 Å². The number of thiocarbonyl (C=S) groups is 1. The summed E-state index contributed by atoms with van der Waals surface area (Å²) in [5, 5.41) is 7.72. The van der Waals surface area contributed by atoms with E-state index >= 15 is 0 Å². The SMILES string of the molecule is Fc1ccc(NC(=S)Nc2ccc(Cc3nc4ccccc4s3)cc2)cc1. The van der Waals surface area contributed by atoms with Crippen LogP contribution in [-0.2, 0) is 6.42 Å². The third-order valence-electron chi connectivity index (χ3n) is 4.01. The summed E-state index contributed by atoms with van der Waals surface area (Å²) in [4.78, 5) is 4.68. The Kier molecular flexibility index (Phi) is 5.09. The van der Waals surface area contributed by atoms with Gasteiger partial charge in [-0.1, -0.05) is 24.3 Å². The van der Waals surface area contributed by atoms with Gasteiger partial charge in [0.1, 0.15) is 5.82 Å². The van der Waals surface area contributed by atoms with Gasteiger partial charge in [0.05, 0.1) is 15.2 Å². The summed E-state index contributed by atoms with van der Waals surface area (Å²) in [6, 6.07) is 22.4. The van der Waals surface area contributed by atoms with E-state index in [1.165, 1.54) is 22.4 Å². The van der Waals surface area contributed by atoms with Crippen LogP contribution in [0.4, 0.5) is 15.8 Å². The number of para-hydroxylation sites is 1. The van der Waals surface area contributed by atoms with Gasteiger partial charge in [0, 0.05) is 17.8 Å². The summed E-state index contributed by atoms with van der Waals surface area (Å²) in [5.41, 5.74) is 3.87. The summed E-state index contributed by atoms with van der Waals surface area (Å²) in [6.45, 7) is 0. The quantitative estimate of drug-likeness (QED) is 0.428. The number of hydrogen-bond acceptors (Lipinski definition) is 3. The molecule has 0 radical (unpaired) electrons. The number of fused-ring (bicyclic) bond motifs is 1. The van der Waals surface area contributed by atoms with Crippen LogP contribution in [0, 0.1) is 5.82 Å². The number of aromatic nitrogens is 1. The Morgan fingerprint density at radius 3 is 2.19 bits per heavy atom. The van der Waals surface area contributed by atoms with Crippen molar-refractivity contribution >= 4 is 50.3 Å². The molecule has 1 aromatic heterocycles. The van der Waals surface area contributed by atoms with E-state index in [0.29, 0.717) is 5.11 Å². The van der Waals surface area contributed by atoms with Gasteiger partial charge in [-0.3, -0.25) is 0 Å². The van der Waals surface area contributed by atoms with Crippen molar-refractivity contribution in [1.82, 2.24) is 4.98 Å². The molecule has 0 saturated carbocycles. The van der Waals surface area contributed by atoms with Crippen LogP contribution in [0.25, 0.3) is 10.2 Å². The fourth-order valence-corrected chi connectivity index (χ4v) is 3.94. The number of hydrogen-bond donors (Lipinski definition) is 2. The highest BCUT2D eigenvalue weighted by Gasteiger charge is 2.05. The summed E-state index contributed by atoms with van der Waals surface area (Å²) in [5.74, 6) is -0.275. The van der Waals surface area contributed by atoms with Gasteiger partial charge >= 0.3 is 0 Å². The van der Waals surface area contributed by atoms with Gasteiger partial charge in [-0.15, -0.1) is 11.3 Å². The molecular weight excluding hydrogens is 377 g/mol. The second kappa shape index (κ2) is 7.82. The highest BCUT2D eigenvalue weighted by Crippen LogP contribution is 2.24. The maximum absolute atomic E-state index is 12.9. The predicted octanol–water partition coefficient (Wildman–Crippen LogP) is 5.84. The third kappa shape index (κ3) is 4.48. The molecule has 2 N–H and O–H groups in total. The van der Waals surface area contributed by atoms with E-state index in [0.717, 1.165) is 28.3 Å². The van der Waals surface area contributed by atoms with E-state index in [1.807, 2.05) is 30.3 Å². The smallest absolute Gasteiger partial charge is 0.175 e. The molecule has 27 heavy (non-hydrogen) atoms. The first kappa shape index (κ1) is 17.6. The van der Waals surface area contributed by atoms with Crippen LogP contribution < -0.4 is 10.6 Å². The average molecular weight is 394 g/mol. The van der Waals surface area contributed by atoms with Crippen molar-refractivity contribution < 1.29 is 4.39 Å². The number of halogens is 1. The first-order valence-electron chi connectivity index (χ1n) is 8.43. The van der Waals surface area contributed by atoms with Crippen LogP contribution in [0.2, 0.25) is 0 Å². The predicted molar refractivity (Wildman–Crippen MR) is 115 cm³/mol. The lowest BCUT2D eigenvalue weighted by molar-refractivity contribution is 0.628. The first-order chi connectivity index (χ1) is 13.2. The number of nitrogens with zero attached hydrogens (tertiary/aromatic N) is 1. The maximum Gasteiger partial charge on any atom is 0.175 e. The largest absolute Gasteiger partial charge is 0.332 e. The Hall–Kier alpha value is -2.83. The molecule has 3 aromatic carbocycles.